The van der Waals surface area contributed by atoms with Crippen LogP contribution in [0.15, 0.2) is 47.4 Å². The Morgan fingerprint density at radius 1 is 1.14 bits per heavy atom. The highest BCUT2D eigenvalue weighted by atomic mass is 32.2. The molecule has 0 aliphatic heterocycles. The van der Waals surface area contributed by atoms with Crippen molar-refractivity contribution in [2.75, 3.05) is 5.75 Å². The molecule has 6 heteroatoms. The minimum absolute atomic E-state index is 0.444. The van der Waals surface area contributed by atoms with Crippen LogP contribution in [0, 0.1) is 18.6 Å². The Hall–Kier alpha value is -1.79. The lowest BCUT2D eigenvalue weighted by Crippen LogP contribution is -2.23. The predicted octanol–water partition coefficient (Wildman–Crippen LogP) is 2.75. The molecule has 2 rings (SSSR count). The van der Waals surface area contributed by atoms with E-state index < -0.39 is 38.2 Å². The first-order valence-corrected chi connectivity index (χ1v) is 7.95. The number of hydrogen-bond acceptors (Lipinski definition) is 3. The summed E-state index contributed by atoms with van der Waals surface area (Å²) >= 11 is 0. The summed E-state index contributed by atoms with van der Waals surface area (Å²) < 4.78 is 50.9. The molecular formula is C15H15F2NO2S. The van der Waals surface area contributed by atoms with E-state index in [9.17, 15) is 17.2 Å². The second-order valence-electron chi connectivity index (χ2n) is 4.82. The highest BCUT2D eigenvalue weighted by Gasteiger charge is 2.24. The first-order chi connectivity index (χ1) is 9.81. The van der Waals surface area contributed by atoms with Gasteiger partial charge in [0.15, 0.2) is 9.84 Å². The van der Waals surface area contributed by atoms with Crippen molar-refractivity contribution in [3.05, 3.63) is 65.2 Å². The van der Waals surface area contributed by atoms with Crippen molar-refractivity contribution in [3.8, 4) is 0 Å². The molecule has 2 aromatic carbocycles. The van der Waals surface area contributed by atoms with E-state index in [2.05, 4.69) is 0 Å². The van der Waals surface area contributed by atoms with Crippen LogP contribution in [0.5, 0.6) is 0 Å². The number of hydrogen-bond donors (Lipinski definition) is 1. The van der Waals surface area contributed by atoms with Crippen LogP contribution in [-0.4, -0.2) is 14.2 Å². The Labute approximate surface area is 122 Å². The van der Waals surface area contributed by atoms with E-state index in [1.165, 1.54) is 0 Å². The summed E-state index contributed by atoms with van der Waals surface area (Å²) in [6.07, 6.45) is 0. The van der Waals surface area contributed by atoms with E-state index in [-0.39, 0.29) is 0 Å². The SMILES string of the molecule is Cc1ccccc1C(N)CS(=O)(=O)c1ccc(F)cc1F. The smallest absolute Gasteiger partial charge is 0.183 e. The quantitative estimate of drug-likeness (QED) is 0.883. The summed E-state index contributed by atoms with van der Waals surface area (Å²) in [4.78, 5) is -0.534. The molecule has 0 amide bonds. The molecule has 112 valence electrons. The number of rotatable bonds is 4. The largest absolute Gasteiger partial charge is 0.323 e. The molecule has 0 fully saturated rings. The third-order valence-electron chi connectivity index (χ3n) is 3.22. The van der Waals surface area contributed by atoms with Crippen LogP contribution in [-0.2, 0) is 9.84 Å². The van der Waals surface area contributed by atoms with E-state index in [1.807, 2.05) is 19.1 Å². The molecule has 0 saturated carbocycles. The molecule has 0 heterocycles. The third kappa shape index (κ3) is 3.46. The van der Waals surface area contributed by atoms with Crippen LogP contribution in [0.25, 0.3) is 0 Å². The van der Waals surface area contributed by atoms with E-state index >= 15 is 0 Å². The number of sulfone groups is 1. The maximum atomic E-state index is 13.6. The van der Waals surface area contributed by atoms with Gasteiger partial charge in [0, 0.05) is 12.1 Å². The molecule has 21 heavy (non-hydrogen) atoms. The van der Waals surface area contributed by atoms with Gasteiger partial charge in [0.25, 0.3) is 0 Å². The van der Waals surface area contributed by atoms with Crippen LogP contribution >= 0.6 is 0 Å². The zero-order chi connectivity index (χ0) is 15.6. The fourth-order valence-corrected chi connectivity index (χ4v) is 3.61. The van der Waals surface area contributed by atoms with Gasteiger partial charge in [-0.3, -0.25) is 0 Å². The van der Waals surface area contributed by atoms with Crippen LogP contribution in [0.3, 0.4) is 0 Å². The number of benzene rings is 2. The fraction of sp³-hybridized carbons (Fsp3) is 0.200. The van der Waals surface area contributed by atoms with Gasteiger partial charge in [-0.1, -0.05) is 24.3 Å². The number of nitrogens with two attached hydrogens (primary N) is 1. The Balaban J connectivity index is 2.31. The minimum atomic E-state index is -3.94. The molecule has 0 bridgehead atoms. The van der Waals surface area contributed by atoms with Gasteiger partial charge >= 0.3 is 0 Å². The van der Waals surface area contributed by atoms with Crippen molar-refractivity contribution >= 4 is 9.84 Å². The predicted molar refractivity (Wildman–Crippen MR) is 76.5 cm³/mol. The van der Waals surface area contributed by atoms with Gasteiger partial charge in [-0.05, 0) is 30.2 Å². The topological polar surface area (TPSA) is 60.2 Å². The Kier molecular flexibility index (Phi) is 4.39. The van der Waals surface area contributed by atoms with Crippen molar-refractivity contribution < 1.29 is 17.2 Å². The van der Waals surface area contributed by atoms with Crippen LogP contribution in [0.2, 0.25) is 0 Å². The van der Waals surface area contributed by atoms with Gasteiger partial charge in [-0.15, -0.1) is 0 Å². The molecule has 0 aliphatic carbocycles. The molecule has 3 nitrogen and oxygen atoms in total. The molecular weight excluding hydrogens is 296 g/mol. The third-order valence-corrected chi connectivity index (χ3v) is 5.02. The number of aryl methyl sites for hydroxylation is 1. The number of halogens is 2. The lowest BCUT2D eigenvalue weighted by molar-refractivity contribution is 0.546. The molecule has 2 N–H and O–H groups in total. The Morgan fingerprint density at radius 3 is 2.43 bits per heavy atom. The minimum Gasteiger partial charge on any atom is -0.323 e. The molecule has 0 aliphatic rings. The highest BCUT2D eigenvalue weighted by Crippen LogP contribution is 2.23. The summed E-state index contributed by atoms with van der Waals surface area (Å²) in [5.41, 5.74) is 7.47. The summed E-state index contributed by atoms with van der Waals surface area (Å²) in [7, 11) is -3.94. The van der Waals surface area contributed by atoms with Crippen LogP contribution in [0.1, 0.15) is 17.2 Å². The van der Waals surface area contributed by atoms with E-state index in [0.717, 1.165) is 17.7 Å². The second kappa shape index (κ2) is 5.91. The first kappa shape index (κ1) is 15.6. The molecule has 0 radical (unpaired) electrons. The average Bonchev–Trinajstić information content (AvgIpc) is 2.37. The van der Waals surface area contributed by atoms with Crippen molar-refractivity contribution in [1.29, 1.82) is 0 Å². The van der Waals surface area contributed by atoms with E-state index in [4.69, 9.17) is 5.73 Å². The Morgan fingerprint density at radius 2 is 1.81 bits per heavy atom. The van der Waals surface area contributed by atoms with Gasteiger partial charge in [0.1, 0.15) is 16.5 Å². The summed E-state index contributed by atoms with van der Waals surface area (Å²) in [6, 6.07) is 8.73. The van der Waals surface area contributed by atoms with Crippen molar-refractivity contribution in [2.24, 2.45) is 5.73 Å². The maximum Gasteiger partial charge on any atom is 0.183 e. The lowest BCUT2D eigenvalue weighted by Gasteiger charge is -2.15. The van der Waals surface area contributed by atoms with Crippen molar-refractivity contribution in [2.45, 2.75) is 17.9 Å². The van der Waals surface area contributed by atoms with Gasteiger partial charge < -0.3 is 5.73 Å². The van der Waals surface area contributed by atoms with Crippen molar-refractivity contribution in [1.82, 2.24) is 0 Å². The monoisotopic (exact) mass is 311 g/mol. The van der Waals surface area contributed by atoms with Gasteiger partial charge in [0.2, 0.25) is 0 Å². The summed E-state index contributed by atoms with van der Waals surface area (Å²) in [5, 5.41) is 0. The Bertz CT molecular complexity index is 760. The van der Waals surface area contributed by atoms with Crippen LogP contribution in [0.4, 0.5) is 8.78 Å². The summed E-state index contributed by atoms with van der Waals surface area (Å²) in [5.74, 6) is -2.37. The molecule has 1 unspecified atom stereocenters. The fourth-order valence-electron chi connectivity index (χ4n) is 2.15. The van der Waals surface area contributed by atoms with Gasteiger partial charge in [0.05, 0.1) is 5.75 Å². The lowest BCUT2D eigenvalue weighted by atomic mass is 10.0. The van der Waals surface area contributed by atoms with E-state index in [1.54, 1.807) is 12.1 Å². The van der Waals surface area contributed by atoms with E-state index in [0.29, 0.717) is 11.6 Å². The van der Waals surface area contributed by atoms with Crippen molar-refractivity contribution in [3.63, 3.8) is 0 Å². The molecule has 2 aromatic rings. The second-order valence-corrected chi connectivity index (χ2v) is 6.82. The first-order valence-electron chi connectivity index (χ1n) is 6.30. The highest BCUT2D eigenvalue weighted by molar-refractivity contribution is 7.91. The molecule has 1 atom stereocenters. The molecule has 0 spiro atoms. The van der Waals surface area contributed by atoms with Gasteiger partial charge in [-0.2, -0.15) is 0 Å². The standard InChI is InChI=1S/C15H15F2NO2S/c1-10-4-2-3-5-12(10)14(18)9-21(19,20)15-7-6-11(16)8-13(15)17/h2-8,14H,9,18H2,1H3. The normalized spacial score (nSPS) is 13.1. The van der Waals surface area contributed by atoms with Gasteiger partial charge in [-0.25, -0.2) is 17.2 Å². The average molecular weight is 311 g/mol. The molecule has 0 aromatic heterocycles. The van der Waals surface area contributed by atoms with Crippen LogP contribution < -0.4 is 5.73 Å². The summed E-state index contributed by atoms with van der Waals surface area (Å²) in [6.45, 7) is 1.82. The maximum absolute atomic E-state index is 13.6. The zero-order valence-electron chi connectivity index (χ0n) is 11.4. The molecule has 0 saturated heterocycles. The zero-order valence-corrected chi connectivity index (χ0v) is 12.2.